The Kier molecular flexibility index (Phi) is 5.26. The average Bonchev–Trinajstić information content (AvgIpc) is 3.11. The fraction of sp³-hybridized carbons (Fsp3) is 0.176. The zero-order chi connectivity index (χ0) is 18.7. The van der Waals surface area contributed by atoms with Crippen molar-refractivity contribution in [3.63, 3.8) is 0 Å². The van der Waals surface area contributed by atoms with Gasteiger partial charge in [0.25, 0.3) is 0 Å². The molecule has 0 saturated carbocycles. The summed E-state index contributed by atoms with van der Waals surface area (Å²) in [6.45, 7) is -0.0637. The molecular formula is C17H16ClN3O4S. The van der Waals surface area contributed by atoms with E-state index in [1.807, 2.05) is 30.3 Å². The first kappa shape index (κ1) is 18.4. The Morgan fingerprint density at radius 3 is 2.58 bits per heavy atom. The molecule has 0 unspecified atom stereocenters. The van der Waals surface area contributed by atoms with E-state index in [1.54, 1.807) is 0 Å². The summed E-state index contributed by atoms with van der Waals surface area (Å²) in [5.74, 6) is 0.992. The SMILES string of the molecule is COc1ccc(S(=O)(=O)N(C)Cc2nc(-c3ccccc3)no2)cc1Cl. The fourth-order valence-electron chi connectivity index (χ4n) is 2.29. The van der Waals surface area contributed by atoms with Crippen molar-refractivity contribution in [1.29, 1.82) is 0 Å². The summed E-state index contributed by atoms with van der Waals surface area (Å²) >= 11 is 6.02. The van der Waals surface area contributed by atoms with Gasteiger partial charge in [-0.15, -0.1) is 0 Å². The highest BCUT2D eigenvalue weighted by molar-refractivity contribution is 7.89. The van der Waals surface area contributed by atoms with E-state index in [9.17, 15) is 8.42 Å². The molecule has 26 heavy (non-hydrogen) atoms. The third-order valence-corrected chi connectivity index (χ3v) is 5.78. The molecule has 136 valence electrons. The van der Waals surface area contributed by atoms with Gasteiger partial charge in [0.15, 0.2) is 0 Å². The average molecular weight is 394 g/mol. The van der Waals surface area contributed by atoms with Crippen molar-refractivity contribution in [2.75, 3.05) is 14.2 Å². The number of benzene rings is 2. The third-order valence-electron chi connectivity index (χ3n) is 3.69. The first-order valence-electron chi connectivity index (χ1n) is 7.59. The maximum Gasteiger partial charge on any atom is 0.243 e. The second-order valence-corrected chi connectivity index (χ2v) is 7.89. The largest absolute Gasteiger partial charge is 0.495 e. The Labute approximate surface area is 156 Å². The number of aromatic nitrogens is 2. The molecule has 0 aliphatic heterocycles. The van der Waals surface area contributed by atoms with Crippen molar-refractivity contribution in [2.24, 2.45) is 0 Å². The molecule has 3 rings (SSSR count). The molecule has 7 nitrogen and oxygen atoms in total. The van der Waals surface area contributed by atoms with Gasteiger partial charge in [0.05, 0.1) is 23.6 Å². The van der Waals surface area contributed by atoms with E-state index in [4.69, 9.17) is 20.9 Å². The highest BCUT2D eigenvalue weighted by Crippen LogP contribution is 2.28. The van der Waals surface area contributed by atoms with Crippen LogP contribution in [0.25, 0.3) is 11.4 Å². The summed E-state index contributed by atoms with van der Waals surface area (Å²) in [6.07, 6.45) is 0. The van der Waals surface area contributed by atoms with E-state index >= 15 is 0 Å². The highest BCUT2D eigenvalue weighted by Gasteiger charge is 2.24. The molecule has 0 aliphatic rings. The summed E-state index contributed by atoms with van der Waals surface area (Å²) < 4.78 is 36.7. The van der Waals surface area contributed by atoms with Crippen LogP contribution in [0.4, 0.5) is 0 Å². The minimum atomic E-state index is -3.77. The second kappa shape index (κ2) is 7.45. The van der Waals surface area contributed by atoms with Crippen LogP contribution in [0, 0.1) is 0 Å². The number of nitrogens with zero attached hydrogens (tertiary/aromatic N) is 3. The molecule has 3 aromatic rings. The maximum absolute atomic E-state index is 12.7. The molecule has 0 saturated heterocycles. The van der Waals surface area contributed by atoms with Crippen molar-refractivity contribution >= 4 is 21.6 Å². The minimum Gasteiger partial charge on any atom is -0.495 e. The molecule has 9 heteroatoms. The topological polar surface area (TPSA) is 85.5 Å². The van der Waals surface area contributed by atoms with Crippen molar-refractivity contribution in [3.05, 3.63) is 59.4 Å². The number of rotatable bonds is 6. The molecule has 0 amide bonds. The van der Waals surface area contributed by atoms with Crippen LogP contribution < -0.4 is 4.74 Å². The lowest BCUT2D eigenvalue weighted by Crippen LogP contribution is -2.26. The maximum atomic E-state index is 12.7. The summed E-state index contributed by atoms with van der Waals surface area (Å²) in [4.78, 5) is 4.29. The van der Waals surface area contributed by atoms with Gasteiger partial charge in [-0.1, -0.05) is 47.1 Å². The second-order valence-electron chi connectivity index (χ2n) is 5.44. The van der Waals surface area contributed by atoms with Crippen molar-refractivity contribution in [2.45, 2.75) is 11.4 Å². The van der Waals surface area contributed by atoms with E-state index in [0.29, 0.717) is 11.6 Å². The molecule has 0 spiro atoms. The first-order valence-corrected chi connectivity index (χ1v) is 9.41. The minimum absolute atomic E-state index is 0.0496. The molecule has 0 atom stereocenters. The molecule has 0 bridgehead atoms. The molecule has 0 fully saturated rings. The smallest absolute Gasteiger partial charge is 0.243 e. The fourth-order valence-corrected chi connectivity index (χ4v) is 3.76. The Morgan fingerprint density at radius 1 is 1.19 bits per heavy atom. The van der Waals surface area contributed by atoms with Gasteiger partial charge in [0.1, 0.15) is 5.75 Å². The first-order chi connectivity index (χ1) is 12.4. The standard InChI is InChI=1S/C17H16ClN3O4S/c1-21(26(22,23)13-8-9-15(24-2)14(18)10-13)11-16-19-17(20-25-16)12-6-4-3-5-7-12/h3-10H,11H2,1-2H3. The summed E-state index contributed by atoms with van der Waals surface area (Å²) in [5, 5.41) is 4.10. The van der Waals surface area contributed by atoms with Gasteiger partial charge in [-0.05, 0) is 18.2 Å². The van der Waals surface area contributed by atoms with Gasteiger partial charge in [-0.25, -0.2) is 8.42 Å². The highest BCUT2D eigenvalue weighted by atomic mass is 35.5. The van der Waals surface area contributed by atoms with E-state index in [0.717, 1.165) is 9.87 Å². The lowest BCUT2D eigenvalue weighted by Gasteiger charge is -2.15. The lowest BCUT2D eigenvalue weighted by atomic mass is 10.2. The zero-order valence-electron chi connectivity index (χ0n) is 14.1. The number of sulfonamides is 1. The van der Waals surface area contributed by atoms with Crippen molar-refractivity contribution < 1.29 is 17.7 Å². The predicted octanol–water partition coefficient (Wildman–Crippen LogP) is 3.22. The normalized spacial score (nSPS) is 11.7. The van der Waals surface area contributed by atoms with E-state index < -0.39 is 10.0 Å². The zero-order valence-corrected chi connectivity index (χ0v) is 15.7. The van der Waals surface area contributed by atoms with Gasteiger partial charge >= 0.3 is 0 Å². The Hall–Kier alpha value is -2.42. The lowest BCUT2D eigenvalue weighted by molar-refractivity contribution is 0.336. The number of methoxy groups -OCH3 is 1. The molecular weight excluding hydrogens is 378 g/mol. The quantitative estimate of drug-likeness (QED) is 0.639. The van der Waals surface area contributed by atoms with Crippen LogP contribution in [0.1, 0.15) is 5.89 Å². The Morgan fingerprint density at radius 2 is 1.92 bits per heavy atom. The Bertz CT molecular complexity index is 1010. The van der Waals surface area contributed by atoms with Gasteiger partial charge in [0.2, 0.25) is 21.7 Å². The molecule has 0 radical (unpaired) electrons. The van der Waals surface area contributed by atoms with Gasteiger partial charge in [-0.2, -0.15) is 9.29 Å². The van der Waals surface area contributed by atoms with Crippen LogP contribution in [0.15, 0.2) is 57.9 Å². The molecule has 0 aliphatic carbocycles. The van der Waals surface area contributed by atoms with Gasteiger partial charge < -0.3 is 9.26 Å². The van der Waals surface area contributed by atoms with E-state index in [-0.39, 0.29) is 22.4 Å². The van der Waals surface area contributed by atoms with Gasteiger partial charge in [-0.3, -0.25) is 0 Å². The summed E-state index contributed by atoms with van der Waals surface area (Å²) in [7, 11) is -0.884. The monoisotopic (exact) mass is 393 g/mol. The molecule has 2 aromatic carbocycles. The molecule has 1 heterocycles. The van der Waals surface area contributed by atoms with Crippen LogP contribution in [-0.4, -0.2) is 37.0 Å². The van der Waals surface area contributed by atoms with E-state index in [1.165, 1.54) is 32.4 Å². The number of hydrogen-bond donors (Lipinski definition) is 0. The van der Waals surface area contributed by atoms with Crippen molar-refractivity contribution in [3.8, 4) is 17.1 Å². The van der Waals surface area contributed by atoms with Crippen molar-refractivity contribution in [1.82, 2.24) is 14.4 Å². The third kappa shape index (κ3) is 3.72. The number of halogens is 1. The Balaban J connectivity index is 1.80. The predicted molar refractivity (Wildman–Crippen MR) is 96.4 cm³/mol. The van der Waals surface area contributed by atoms with E-state index in [2.05, 4.69) is 10.1 Å². The van der Waals surface area contributed by atoms with Crippen LogP contribution >= 0.6 is 11.6 Å². The molecule has 1 aromatic heterocycles. The number of ether oxygens (including phenoxy) is 1. The summed E-state index contributed by atoms with van der Waals surface area (Å²) in [5.41, 5.74) is 0.787. The van der Waals surface area contributed by atoms with Crippen LogP contribution in [-0.2, 0) is 16.6 Å². The van der Waals surface area contributed by atoms with Crippen LogP contribution in [0.2, 0.25) is 5.02 Å². The van der Waals surface area contributed by atoms with Crippen LogP contribution in [0.5, 0.6) is 5.75 Å². The number of hydrogen-bond acceptors (Lipinski definition) is 6. The van der Waals surface area contributed by atoms with Gasteiger partial charge in [0, 0.05) is 12.6 Å². The molecule has 0 N–H and O–H groups in total. The van der Waals surface area contributed by atoms with Crippen LogP contribution in [0.3, 0.4) is 0 Å². The summed E-state index contributed by atoms with van der Waals surface area (Å²) in [6, 6.07) is 13.6.